The topological polar surface area (TPSA) is 104 Å². The van der Waals surface area contributed by atoms with E-state index in [2.05, 4.69) is 25.5 Å². The van der Waals surface area contributed by atoms with Gasteiger partial charge in [-0.05, 0) is 44.4 Å². The van der Waals surface area contributed by atoms with Crippen molar-refractivity contribution < 1.29 is 14.1 Å². The van der Waals surface area contributed by atoms with Gasteiger partial charge in [-0.3, -0.25) is 24.9 Å². The summed E-state index contributed by atoms with van der Waals surface area (Å²) in [5, 5.41) is 5.60. The summed E-state index contributed by atoms with van der Waals surface area (Å²) in [7, 11) is 0. The van der Waals surface area contributed by atoms with E-state index >= 15 is 0 Å². The Bertz CT molecular complexity index is 896. The number of hydrogen-bond acceptors (Lipinski definition) is 7. The third-order valence-electron chi connectivity index (χ3n) is 5.70. The zero-order valence-corrected chi connectivity index (χ0v) is 15.5. The maximum absolute atomic E-state index is 13.0. The van der Waals surface area contributed by atoms with Crippen LogP contribution in [0.2, 0.25) is 0 Å². The number of carbonyl (C=O) groups excluding carboxylic acids is 2. The van der Waals surface area contributed by atoms with Gasteiger partial charge < -0.3 is 4.52 Å². The molecule has 0 radical (unpaired) electrons. The monoisotopic (exact) mass is 382 g/mol. The number of piperidine rings is 1. The van der Waals surface area contributed by atoms with E-state index in [-0.39, 0.29) is 11.8 Å². The highest BCUT2D eigenvalue weighted by atomic mass is 16.5. The SMILES string of the molecule is O=C1CC2(CCCN(Cc3noc(C4CC4)n3)C2)N(C(=O)c2ccccn2)N1. The van der Waals surface area contributed by atoms with Gasteiger partial charge in [-0.2, -0.15) is 4.98 Å². The zero-order valence-electron chi connectivity index (χ0n) is 15.5. The number of rotatable bonds is 4. The van der Waals surface area contributed by atoms with Crippen LogP contribution in [0, 0.1) is 0 Å². The Labute approximate surface area is 162 Å². The third-order valence-corrected chi connectivity index (χ3v) is 5.70. The molecule has 1 saturated carbocycles. The van der Waals surface area contributed by atoms with Gasteiger partial charge in [0.05, 0.1) is 18.5 Å². The lowest BCUT2D eigenvalue weighted by atomic mass is 9.86. The lowest BCUT2D eigenvalue weighted by molar-refractivity contribution is -0.120. The summed E-state index contributed by atoms with van der Waals surface area (Å²) >= 11 is 0. The highest BCUT2D eigenvalue weighted by Gasteiger charge is 2.50. The number of hydrazine groups is 1. The summed E-state index contributed by atoms with van der Waals surface area (Å²) < 4.78 is 5.35. The second-order valence-electron chi connectivity index (χ2n) is 7.93. The van der Waals surface area contributed by atoms with Crippen molar-refractivity contribution in [2.75, 3.05) is 13.1 Å². The molecule has 9 heteroatoms. The van der Waals surface area contributed by atoms with Gasteiger partial charge in [0.1, 0.15) is 5.69 Å². The normalized spacial score (nSPS) is 25.3. The van der Waals surface area contributed by atoms with Gasteiger partial charge in [0.25, 0.3) is 5.91 Å². The van der Waals surface area contributed by atoms with Crippen molar-refractivity contribution in [3.05, 3.63) is 41.8 Å². The summed E-state index contributed by atoms with van der Waals surface area (Å²) in [6.45, 7) is 2.00. The van der Waals surface area contributed by atoms with Crippen LogP contribution in [0.15, 0.2) is 28.9 Å². The zero-order chi connectivity index (χ0) is 19.1. The minimum Gasteiger partial charge on any atom is -0.339 e. The van der Waals surface area contributed by atoms with Crippen LogP contribution in [-0.2, 0) is 11.3 Å². The lowest BCUT2D eigenvalue weighted by Crippen LogP contribution is -2.59. The summed E-state index contributed by atoms with van der Waals surface area (Å²) in [5.74, 6) is 1.41. The van der Waals surface area contributed by atoms with Crippen molar-refractivity contribution in [2.45, 2.75) is 50.1 Å². The second kappa shape index (κ2) is 6.66. The van der Waals surface area contributed by atoms with Crippen LogP contribution in [-0.4, -0.2) is 55.5 Å². The molecule has 2 amide bonds. The van der Waals surface area contributed by atoms with Crippen LogP contribution in [0.5, 0.6) is 0 Å². The average molecular weight is 382 g/mol. The number of hydrogen-bond donors (Lipinski definition) is 1. The van der Waals surface area contributed by atoms with E-state index < -0.39 is 5.54 Å². The minimum atomic E-state index is -0.576. The first kappa shape index (κ1) is 17.3. The molecule has 2 aromatic rings. The first-order valence-electron chi connectivity index (χ1n) is 9.73. The first-order chi connectivity index (χ1) is 13.6. The number of likely N-dealkylation sites (tertiary alicyclic amines) is 1. The number of carbonyl (C=O) groups is 2. The molecular weight excluding hydrogens is 360 g/mol. The van der Waals surface area contributed by atoms with Crippen LogP contribution in [0.25, 0.3) is 0 Å². The van der Waals surface area contributed by atoms with Crippen molar-refractivity contribution in [1.82, 2.24) is 30.5 Å². The first-order valence-corrected chi connectivity index (χ1v) is 9.73. The van der Waals surface area contributed by atoms with Crippen LogP contribution in [0.4, 0.5) is 0 Å². The number of nitrogens with zero attached hydrogens (tertiary/aromatic N) is 5. The highest BCUT2D eigenvalue weighted by molar-refractivity contribution is 5.96. The highest BCUT2D eigenvalue weighted by Crippen LogP contribution is 2.39. The predicted octanol–water partition coefficient (Wildman–Crippen LogP) is 1.25. The Kier molecular flexibility index (Phi) is 4.12. The molecule has 28 heavy (non-hydrogen) atoms. The maximum Gasteiger partial charge on any atom is 0.291 e. The molecule has 2 saturated heterocycles. The van der Waals surface area contributed by atoms with Crippen molar-refractivity contribution in [3.63, 3.8) is 0 Å². The fraction of sp³-hybridized carbons (Fsp3) is 0.526. The molecule has 0 bridgehead atoms. The molecule has 1 aliphatic carbocycles. The predicted molar refractivity (Wildman–Crippen MR) is 96.7 cm³/mol. The Morgan fingerprint density at radius 3 is 3.04 bits per heavy atom. The van der Waals surface area contributed by atoms with Crippen molar-refractivity contribution in [2.24, 2.45) is 0 Å². The molecule has 3 aliphatic rings. The van der Waals surface area contributed by atoms with Gasteiger partial charge in [0.2, 0.25) is 11.8 Å². The van der Waals surface area contributed by atoms with E-state index in [0.29, 0.717) is 36.9 Å². The minimum absolute atomic E-state index is 0.137. The Morgan fingerprint density at radius 2 is 2.25 bits per heavy atom. The van der Waals surface area contributed by atoms with Crippen LogP contribution >= 0.6 is 0 Å². The van der Waals surface area contributed by atoms with Gasteiger partial charge in [0.15, 0.2) is 5.82 Å². The van der Waals surface area contributed by atoms with Gasteiger partial charge >= 0.3 is 0 Å². The molecule has 3 fully saturated rings. The number of aromatic nitrogens is 3. The third kappa shape index (κ3) is 3.15. The van der Waals surface area contributed by atoms with Crippen molar-refractivity contribution in [1.29, 1.82) is 0 Å². The lowest BCUT2D eigenvalue weighted by Gasteiger charge is -2.43. The molecular formula is C19H22N6O3. The van der Waals surface area contributed by atoms with Crippen LogP contribution in [0.1, 0.15) is 60.2 Å². The van der Waals surface area contributed by atoms with E-state index in [4.69, 9.17) is 4.52 Å². The molecule has 1 unspecified atom stereocenters. The standard InChI is InChI=1S/C19H22N6O3/c26-16-10-19(25(22-16)18(27)14-4-1-2-8-20-14)7-3-9-24(12-19)11-15-21-17(28-23-15)13-5-6-13/h1-2,4,8,13H,3,5-7,9-12H2,(H,22,26). The molecule has 1 N–H and O–H groups in total. The van der Waals surface area contributed by atoms with E-state index in [1.54, 1.807) is 24.4 Å². The molecule has 1 atom stereocenters. The largest absolute Gasteiger partial charge is 0.339 e. The summed E-state index contributed by atoms with van der Waals surface area (Å²) in [5.41, 5.74) is 2.50. The molecule has 2 aromatic heterocycles. The fourth-order valence-corrected chi connectivity index (χ4v) is 4.23. The number of pyridine rings is 1. The molecule has 9 nitrogen and oxygen atoms in total. The Hall–Kier alpha value is -2.81. The van der Waals surface area contributed by atoms with E-state index in [9.17, 15) is 9.59 Å². The number of amides is 2. The quantitative estimate of drug-likeness (QED) is 0.849. The summed E-state index contributed by atoms with van der Waals surface area (Å²) in [6, 6.07) is 5.20. The molecule has 1 spiro atoms. The molecule has 5 rings (SSSR count). The Balaban J connectivity index is 1.34. The maximum atomic E-state index is 13.0. The van der Waals surface area contributed by atoms with Crippen molar-refractivity contribution in [3.8, 4) is 0 Å². The van der Waals surface area contributed by atoms with Gasteiger partial charge in [-0.15, -0.1) is 0 Å². The van der Waals surface area contributed by atoms with E-state index in [0.717, 1.165) is 38.1 Å². The molecule has 0 aromatic carbocycles. The van der Waals surface area contributed by atoms with Gasteiger partial charge in [-0.25, -0.2) is 5.01 Å². The van der Waals surface area contributed by atoms with Crippen LogP contribution in [0.3, 0.4) is 0 Å². The molecule has 2 aliphatic heterocycles. The Morgan fingerprint density at radius 1 is 1.36 bits per heavy atom. The van der Waals surface area contributed by atoms with E-state index in [1.807, 2.05) is 0 Å². The summed E-state index contributed by atoms with van der Waals surface area (Å²) in [6.07, 6.45) is 5.76. The van der Waals surface area contributed by atoms with Crippen molar-refractivity contribution >= 4 is 11.8 Å². The van der Waals surface area contributed by atoms with Crippen LogP contribution < -0.4 is 5.43 Å². The number of nitrogens with one attached hydrogen (secondary N) is 1. The average Bonchev–Trinajstić information content (AvgIpc) is 3.38. The van der Waals surface area contributed by atoms with E-state index in [1.165, 1.54) is 5.01 Å². The smallest absolute Gasteiger partial charge is 0.291 e. The summed E-state index contributed by atoms with van der Waals surface area (Å²) in [4.78, 5) is 36.1. The molecule has 146 valence electrons. The van der Waals surface area contributed by atoms with Gasteiger partial charge in [0, 0.05) is 18.7 Å². The fourth-order valence-electron chi connectivity index (χ4n) is 4.23. The molecule has 4 heterocycles. The van der Waals surface area contributed by atoms with Gasteiger partial charge in [-0.1, -0.05) is 11.2 Å². The second-order valence-corrected chi connectivity index (χ2v) is 7.93.